The second kappa shape index (κ2) is 7.67. The van der Waals surface area contributed by atoms with Crippen molar-refractivity contribution in [1.29, 1.82) is 0 Å². The van der Waals surface area contributed by atoms with Crippen molar-refractivity contribution in [2.24, 2.45) is 0 Å². The average Bonchev–Trinajstić information content (AvgIpc) is 2.38. The van der Waals surface area contributed by atoms with Crippen molar-refractivity contribution in [1.82, 2.24) is 4.90 Å². The molecule has 0 amide bonds. The second-order valence-corrected chi connectivity index (χ2v) is 4.09. The number of nitrogens with zero attached hydrogens (tertiary/aromatic N) is 1. The molecule has 17 heavy (non-hydrogen) atoms. The average molecular weight is 258 g/mol. The fraction of sp³-hybridized carbons (Fsp3) is 0.538. The van der Waals surface area contributed by atoms with Crippen LogP contribution in [-0.4, -0.2) is 42.9 Å². The van der Waals surface area contributed by atoms with Gasteiger partial charge in [-0.25, -0.2) is 0 Å². The van der Waals surface area contributed by atoms with Gasteiger partial charge in [-0.1, -0.05) is 30.3 Å². The van der Waals surface area contributed by atoms with E-state index in [1.165, 1.54) is 5.56 Å². The van der Waals surface area contributed by atoms with Crippen LogP contribution in [0.25, 0.3) is 0 Å². The van der Waals surface area contributed by atoms with Gasteiger partial charge in [-0.2, -0.15) is 0 Å². The van der Waals surface area contributed by atoms with Crippen LogP contribution >= 0.6 is 12.4 Å². The Hall–Kier alpha value is -0.610. The van der Waals surface area contributed by atoms with Gasteiger partial charge in [0.2, 0.25) is 0 Å². The summed E-state index contributed by atoms with van der Waals surface area (Å²) in [4.78, 5) is 2.40. The molecular weight excluding hydrogens is 238 g/mol. The van der Waals surface area contributed by atoms with Crippen LogP contribution in [0.5, 0.6) is 0 Å². The molecule has 1 unspecified atom stereocenters. The predicted molar refractivity (Wildman–Crippen MR) is 70.5 cm³/mol. The first kappa shape index (κ1) is 14.5. The lowest BCUT2D eigenvalue weighted by Crippen LogP contribution is -2.39. The van der Waals surface area contributed by atoms with Crippen LogP contribution in [-0.2, 0) is 4.74 Å². The van der Waals surface area contributed by atoms with E-state index in [0.29, 0.717) is 6.04 Å². The summed E-state index contributed by atoms with van der Waals surface area (Å²) >= 11 is 0. The van der Waals surface area contributed by atoms with E-state index in [-0.39, 0.29) is 19.0 Å². The minimum atomic E-state index is 0. The molecule has 1 fully saturated rings. The molecule has 0 radical (unpaired) electrons. The van der Waals surface area contributed by atoms with Crippen molar-refractivity contribution >= 4 is 12.4 Å². The zero-order chi connectivity index (χ0) is 11.2. The van der Waals surface area contributed by atoms with Gasteiger partial charge < -0.3 is 9.84 Å². The molecule has 0 bridgehead atoms. The molecule has 0 saturated carbocycles. The largest absolute Gasteiger partial charge is 0.396 e. The Balaban J connectivity index is 0.00000144. The van der Waals surface area contributed by atoms with Crippen molar-refractivity contribution in [3.8, 4) is 0 Å². The predicted octanol–water partition coefficient (Wildman–Crippen LogP) is 1.86. The van der Waals surface area contributed by atoms with E-state index in [4.69, 9.17) is 4.74 Å². The zero-order valence-electron chi connectivity index (χ0n) is 9.92. The van der Waals surface area contributed by atoms with Gasteiger partial charge in [0, 0.05) is 25.7 Å². The van der Waals surface area contributed by atoms with Crippen LogP contribution in [0.15, 0.2) is 30.3 Å². The first-order chi connectivity index (χ1) is 7.92. The summed E-state index contributed by atoms with van der Waals surface area (Å²) in [6.45, 7) is 3.75. The lowest BCUT2D eigenvalue weighted by Gasteiger charge is -2.34. The quantitative estimate of drug-likeness (QED) is 0.894. The van der Waals surface area contributed by atoms with Gasteiger partial charge in [-0.05, 0) is 12.0 Å². The van der Waals surface area contributed by atoms with Crippen LogP contribution < -0.4 is 0 Å². The summed E-state index contributed by atoms with van der Waals surface area (Å²) in [5, 5.41) is 9.17. The Labute approximate surface area is 109 Å². The smallest absolute Gasteiger partial charge is 0.0594 e. The minimum absolute atomic E-state index is 0. The number of aliphatic hydroxyl groups excluding tert-OH is 1. The number of morpholine rings is 1. The molecule has 0 spiro atoms. The van der Waals surface area contributed by atoms with E-state index in [1.54, 1.807) is 0 Å². The van der Waals surface area contributed by atoms with Gasteiger partial charge >= 0.3 is 0 Å². The summed E-state index contributed by atoms with van der Waals surface area (Å²) in [5.74, 6) is 0. The number of rotatable bonds is 4. The highest BCUT2D eigenvalue weighted by atomic mass is 35.5. The molecule has 1 N–H and O–H groups in total. The van der Waals surface area contributed by atoms with Gasteiger partial charge in [-0.3, -0.25) is 4.90 Å². The van der Waals surface area contributed by atoms with Crippen LogP contribution in [0.2, 0.25) is 0 Å². The molecule has 1 heterocycles. The van der Waals surface area contributed by atoms with Crippen LogP contribution in [0.3, 0.4) is 0 Å². The third-order valence-corrected chi connectivity index (χ3v) is 3.07. The minimum Gasteiger partial charge on any atom is -0.396 e. The maximum atomic E-state index is 9.17. The molecule has 0 aliphatic carbocycles. The summed E-state index contributed by atoms with van der Waals surface area (Å²) in [6.07, 6.45) is 0.796. The number of aliphatic hydroxyl groups is 1. The normalized spacial score (nSPS) is 18.4. The van der Waals surface area contributed by atoms with Gasteiger partial charge in [0.05, 0.1) is 13.2 Å². The van der Waals surface area contributed by atoms with Crippen molar-refractivity contribution in [3.05, 3.63) is 35.9 Å². The summed E-state index contributed by atoms with van der Waals surface area (Å²) in [6, 6.07) is 10.7. The molecule has 1 aliphatic rings. The molecule has 1 aromatic rings. The maximum absolute atomic E-state index is 9.17. The summed E-state index contributed by atoms with van der Waals surface area (Å²) in [7, 11) is 0. The Morgan fingerprint density at radius 1 is 1.18 bits per heavy atom. The van der Waals surface area contributed by atoms with Crippen LogP contribution in [0.1, 0.15) is 18.0 Å². The molecule has 0 aromatic heterocycles. The number of benzene rings is 1. The number of hydrogen-bond donors (Lipinski definition) is 1. The molecular formula is C13H20ClNO2. The highest BCUT2D eigenvalue weighted by Crippen LogP contribution is 2.24. The van der Waals surface area contributed by atoms with E-state index in [9.17, 15) is 5.11 Å². The molecule has 1 saturated heterocycles. The van der Waals surface area contributed by atoms with Crippen molar-refractivity contribution in [3.63, 3.8) is 0 Å². The third kappa shape index (κ3) is 3.96. The van der Waals surface area contributed by atoms with Crippen molar-refractivity contribution in [2.75, 3.05) is 32.9 Å². The van der Waals surface area contributed by atoms with E-state index in [2.05, 4.69) is 29.2 Å². The van der Waals surface area contributed by atoms with E-state index < -0.39 is 0 Å². The van der Waals surface area contributed by atoms with Gasteiger partial charge in [0.1, 0.15) is 0 Å². The monoisotopic (exact) mass is 257 g/mol. The van der Waals surface area contributed by atoms with Crippen molar-refractivity contribution in [2.45, 2.75) is 12.5 Å². The van der Waals surface area contributed by atoms with Crippen LogP contribution in [0, 0.1) is 0 Å². The second-order valence-electron chi connectivity index (χ2n) is 4.09. The number of hydrogen-bond acceptors (Lipinski definition) is 3. The first-order valence-electron chi connectivity index (χ1n) is 5.89. The summed E-state index contributed by atoms with van der Waals surface area (Å²) in [5.41, 5.74) is 1.29. The Kier molecular flexibility index (Phi) is 6.52. The van der Waals surface area contributed by atoms with Crippen LogP contribution in [0.4, 0.5) is 0 Å². The molecule has 2 rings (SSSR count). The highest BCUT2D eigenvalue weighted by Gasteiger charge is 2.21. The van der Waals surface area contributed by atoms with Gasteiger partial charge in [0.25, 0.3) is 0 Å². The maximum Gasteiger partial charge on any atom is 0.0594 e. The number of ether oxygens (including phenoxy) is 1. The highest BCUT2D eigenvalue weighted by molar-refractivity contribution is 5.85. The molecule has 1 aromatic carbocycles. The Morgan fingerprint density at radius 2 is 1.82 bits per heavy atom. The Bertz CT molecular complexity index is 302. The fourth-order valence-corrected chi connectivity index (χ4v) is 2.25. The van der Waals surface area contributed by atoms with Crippen molar-refractivity contribution < 1.29 is 9.84 Å². The SMILES string of the molecule is Cl.OCCC(c1ccccc1)N1CCOCC1. The molecule has 1 aliphatic heterocycles. The number of halogens is 1. The van der Waals surface area contributed by atoms with E-state index in [1.807, 2.05) is 6.07 Å². The molecule has 3 nitrogen and oxygen atoms in total. The topological polar surface area (TPSA) is 32.7 Å². The molecule has 4 heteroatoms. The van der Waals surface area contributed by atoms with Gasteiger partial charge in [0.15, 0.2) is 0 Å². The molecule has 1 atom stereocenters. The zero-order valence-corrected chi connectivity index (χ0v) is 10.7. The first-order valence-corrected chi connectivity index (χ1v) is 5.89. The standard InChI is InChI=1S/C13H19NO2.ClH/c15-9-6-13(12-4-2-1-3-5-12)14-7-10-16-11-8-14;/h1-5,13,15H,6-11H2;1H. The molecule has 96 valence electrons. The van der Waals surface area contributed by atoms with E-state index >= 15 is 0 Å². The fourth-order valence-electron chi connectivity index (χ4n) is 2.25. The lowest BCUT2D eigenvalue weighted by atomic mass is 10.0. The lowest BCUT2D eigenvalue weighted by molar-refractivity contribution is 0.0107. The van der Waals surface area contributed by atoms with Gasteiger partial charge in [-0.15, -0.1) is 12.4 Å². The van der Waals surface area contributed by atoms with E-state index in [0.717, 1.165) is 32.7 Å². The Morgan fingerprint density at radius 3 is 2.41 bits per heavy atom. The third-order valence-electron chi connectivity index (χ3n) is 3.07. The summed E-state index contributed by atoms with van der Waals surface area (Å²) < 4.78 is 5.36.